The van der Waals surface area contributed by atoms with Crippen LogP contribution in [0, 0.1) is 18.6 Å². The first-order valence-electron chi connectivity index (χ1n) is 5.47. The lowest BCUT2D eigenvalue weighted by molar-refractivity contribution is 0.528. The molecule has 0 radical (unpaired) electrons. The van der Waals surface area contributed by atoms with Crippen molar-refractivity contribution in [2.24, 2.45) is 0 Å². The molecule has 0 saturated heterocycles. The molecule has 18 heavy (non-hydrogen) atoms. The van der Waals surface area contributed by atoms with E-state index in [1.54, 1.807) is 26.3 Å². The molecule has 0 unspecified atom stereocenters. The first kappa shape index (κ1) is 12.4. The fraction of sp³-hybridized carbons (Fsp3) is 0.231. The summed E-state index contributed by atoms with van der Waals surface area (Å²) in [5.41, 5.74) is 6.24. The van der Waals surface area contributed by atoms with Gasteiger partial charge in [0.2, 0.25) is 0 Å². The molecular weight excluding hydrogens is 238 g/mol. The van der Waals surface area contributed by atoms with Gasteiger partial charge in [-0.15, -0.1) is 0 Å². The lowest BCUT2D eigenvalue weighted by atomic mass is 10.2. The Hall–Kier alpha value is -2.04. The fourth-order valence-electron chi connectivity index (χ4n) is 1.86. The number of nitrogens with zero attached hydrogens (tertiary/aromatic N) is 1. The summed E-state index contributed by atoms with van der Waals surface area (Å²) in [6.07, 6.45) is 1.55. The number of anilines is 2. The van der Waals surface area contributed by atoms with Crippen LogP contribution in [0.3, 0.4) is 0 Å². The number of nitrogens with two attached hydrogens (primary N) is 1. The number of benzene rings is 1. The zero-order chi connectivity index (χ0) is 13.3. The molecule has 2 N–H and O–H groups in total. The van der Waals surface area contributed by atoms with Crippen LogP contribution in [0.15, 0.2) is 28.9 Å². The van der Waals surface area contributed by atoms with E-state index in [-0.39, 0.29) is 11.4 Å². The van der Waals surface area contributed by atoms with E-state index in [0.717, 1.165) is 23.5 Å². The monoisotopic (exact) mass is 252 g/mol. The van der Waals surface area contributed by atoms with Gasteiger partial charge in [-0.1, -0.05) is 0 Å². The molecule has 2 aromatic rings. The minimum absolute atomic E-state index is 0.0710. The van der Waals surface area contributed by atoms with Gasteiger partial charge in [-0.05, 0) is 25.1 Å². The standard InChI is InChI=1S/C13H14F2N2O/c1-8-9(3-4-18-8)7-17(2)13-11(14)5-10(16)6-12(13)15/h3-6H,7,16H2,1-2H3. The molecule has 0 fully saturated rings. The molecule has 0 aliphatic carbocycles. The second-order valence-electron chi connectivity index (χ2n) is 4.19. The van der Waals surface area contributed by atoms with Crippen molar-refractivity contribution in [3.8, 4) is 0 Å². The van der Waals surface area contributed by atoms with Crippen LogP contribution in [0.4, 0.5) is 20.2 Å². The number of nitrogen functional groups attached to an aromatic ring is 1. The van der Waals surface area contributed by atoms with E-state index in [1.165, 1.54) is 4.90 Å². The molecule has 3 nitrogen and oxygen atoms in total. The summed E-state index contributed by atoms with van der Waals surface area (Å²) in [5, 5.41) is 0. The first-order valence-corrected chi connectivity index (χ1v) is 5.47. The summed E-state index contributed by atoms with van der Waals surface area (Å²) in [6.45, 7) is 2.17. The predicted molar refractivity (Wildman–Crippen MR) is 66.3 cm³/mol. The zero-order valence-electron chi connectivity index (χ0n) is 10.2. The molecule has 5 heteroatoms. The molecule has 0 bridgehead atoms. The smallest absolute Gasteiger partial charge is 0.151 e. The Kier molecular flexibility index (Phi) is 3.23. The Bertz CT molecular complexity index is 543. The molecule has 0 saturated carbocycles. The molecule has 0 spiro atoms. The van der Waals surface area contributed by atoms with Crippen LogP contribution < -0.4 is 10.6 Å². The first-order chi connectivity index (χ1) is 8.49. The highest BCUT2D eigenvalue weighted by molar-refractivity contribution is 5.55. The Morgan fingerprint density at radius 3 is 2.39 bits per heavy atom. The maximum Gasteiger partial charge on any atom is 0.151 e. The Labute approximate surface area is 104 Å². The highest BCUT2D eigenvalue weighted by atomic mass is 19.1. The third-order valence-electron chi connectivity index (χ3n) is 2.79. The highest BCUT2D eigenvalue weighted by Crippen LogP contribution is 2.26. The number of hydrogen-bond acceptors (Lipinski definition) is 3. The number of halogens is 2. The third kappa shape index (κ3) is 2.30. The maximum atomic E-state index is 13.7. The van der Waals surface area contributed by atoms with Gasteiger partial charge in [0.05, 0.1) is 6.26 Å². The minimum Gasteiger partial charge on any atom is -0.469 e. The van der Waals surface area contributed by atoms with E-state index in [2.05, 4.69) is 0 Å². The van der Waals surface area contributed by atoms with Gasteiger partial charge in [0.25, 0.3) is 0 Å². The molecule has 0 atom stereocenters. The Morgan fingerprint density at radius 2 is 1.89 bits per heavy atom. The summed E-state index contributed by atoms with van der Waals surface area (Å²) in [6, 6.07) is 3.99. The van der Waals surface area contributed by atoms with Gasteiger partial charge in [-0.3, -0.25) is 0 Å². The summed E-state index contributed by atoms with van der Waals surface area (Å²) in [4.78, 5) is 1.49. The Morgan fingerprint density at radius 1 is 1.28 bits per heavy atom. The van der Waals surface area contributed by atoms with Crippen molar-refractivity contribution >= 4 is 11.4 Å². The molecule has 0 aliphatic heterocycles. The van der Waals surface area contributed by atoms with Crippen molar-refractivity contribution < 1.29 is 13.2 Å². The lowest BCUT2D eigenvalue weighted by Gasteiger charge is -2.20. The minimum atomic E-state index is -0.670. The van der Waals surface area contributed by atoms with Crippen molar-refractivity contribution in [2.45, 2.75) is 13.5 Å². The molecule has 2 rings (SSSR count). The fourth-order valence-corrected chi connectivity index (χ4v) is 1.86. The second-order valence-corrected chi connectivity index (χ2v) is 4.19. The summed E-state index contributed by atoms with van der Waals surface area (Å²) >= 11 is 0. The molecule has 96 valence electrons. The van der Waals surface area contributed by atoms with E-state index in [1.807, 2.05) is 0 Å². The van der Waals surface area contributed by atoms with Crippen LogP contribution in [-0.4, -0.2) is 7.05 Å². The van der Waals surface area contributed by atoms with Gasteiger partial charge in [0.1, 0.15) is 11.4 Å². The van der Waals surface area contributed by atoms with Crippen LogP contribution in [0.5, 0.6) is 0 Å². The maximum absolute atomic E-state index is 13.7. The summed E-state index contributed by atoms with van der Waals surface area (Å²) in [7, 11) is 1.62. The normalized spacial score (nSPS) is 10.7. The molecule has 1 aromatic carbocycles. The van der Waals surface area contributed by atoms with Crippen molar-refractivity contribution in [3.63, 3.8) is 0 Å². The van der Waals surface area contributed by atoms with E-state index in [9.17, 15) is 8.78 Å². The zero-order valence-corrected chi connectivity index (χ0v) is 10.2. The third-order valence-corrected chi connectivity index (χ3v) is 2.79. The van der Waals surface area contributed by atoms with Crippen LogP contribution in [0.2, 0.25) is 0 Å². The highest BCUT2D eigenvalue weighted by Gasteiger charge is 2.16. The molecule has 0 aliphatic rings. The van der Waals surface area contributed by atoms with E-state index in [4.69, 9.17) is 10.2 Å². The van der Waals surface area contributed by atoms with Crippen molar-refractivity contribution in [3.05, 3.63) is 47.4 Å². The van der Waals surface area contributed by atoms with E-state index < -0.39 is 11.6 Å². The van der Waals surface area contributed by atoms with Crippen molar-refractivity contribution in [2.75, 3.05) is 17.7 Å². The molecule has 0 amide bonds. The van der Waals surface area contributed by atoms with Gasteiger partial charge < -0.3 is 15.1 Å². The average Bonchev–Trinajstić information content (AvgIpc) is 2.62. The van der Waals surface area contributed by atoms with Crippen LogP contribution >= 0.6 is 0 Å². The second kappa shape index (κ2) is 4.68. The predicted octanol–water partition coefficient (Wildman–Crippen LogP) is 3.08. The quantitative estimate of drug-likeness (QED) is 0.853. The van der Waals surface area contributed by atoms with Crippen LogP contribution in [0.25, 0.3) is 0 Å². The van der Waals surface area contributed by atoms with Gasteiger partial charge in [-0.25, -0.2) is 8.78 Å². The number of furan rings is 1. The Balaban J connectivity index is 2.29. The lowest BCUT2D eigenvalue weighted by Crippen LogP contribution is -2.19. The summed E-state index contributed by atoms with van der Waals surface area (Å²) in [5.74, 6) is -0.606. The number of hydrogen-bond donors (Lipinski definition) is 1. The van der Waals surface area contributed by atoms with Gasteiger partial charge in [-0.2, -0.15) is 0 Å². The average molecular weight is 252 g/mol. The summed E-state index contributed by atoms with van der Waals surface area (Å²) < 4.78 is 32.6. The largest absolute Gasteiger partial charge is 0.469 e. The van der Waals surface area contributed by atoms with Gasteiger partial charge >= 0.3 is 0 Å². The SMILES string of the molecule is Cc1occc1CN(C)c1c(F)cc(N)cc1F. The number of rotatable bonds is 3. The molecule has 1 heterocycles. The van der Waals surface area contributed by atoms with E-state index in [0.29, 0.717) is 6.54 Å². The molecular formula is C13H14F2N2O. The molecule has 1 aromatic heterocycles. The van der Waals surface area contributed by atoms with Crippen LogP contribution in [-0.2, 0) is 6.54 Å². The van der Waals surface area contributed by atoms with E-state index >= 15 is 0 Å². The van der Waals surface area contributed by atoms with Gasteiger partial charge in [0.15, 0.2) is 11.6 Å². The topological polar surface area (TPSA) is 42.4 Å². The van der Waals surface area contributed by atoms with Crippen molar-refractivity contribution in [1.29, 1.82) is 0 Å². The van der Waals surface area contributed by atoms with Crippen LogP contribution in [0.1, 0.15) is 11.3 Å². The number of aryl methyl sites for hydroxylation is 1. The van der Waals surface area contributed by atoms with Gasteiger partial charge in [0, 0.05) is 24.8 Å². The van der Waals surface area contributed by atoms with Crippen molar-refractivity contribution in [1.82, 2.24) is 0 Å².